The van der Waals surface area contributed by atoms with E-state index in [1.807, 2.05) is 31.2 Å². The van der Waals surface area contributed by atoms with Crippen molar-refractivity contribution < 1.29 is 19.1 Å². The minimum Gasteiger partial charge on any atom is -0.494 e. The van der Waals surface area contributed by atoms with E-state index in [2.05, 4.69) is 0 Å². The topological polar surface area (TPSA) is 55.8 Å². The maximum Gasteiger partial charge on any atom is 0.257 e. The molecule has 118 valence electrons. The predicted octanol–water partition coefficient (Wildman–Crippen LogP) is 1.92. The van der Waals surface area contributed by atoms with Crippen LogP contribution in [0.15, 0.2) is 29.8 Å². The minimum atomic E-state index is -0.232. The highest BCUT2D eigenvalue weighted by molar-refractivity contribution is 6.21. The van der Waals surface area contributed by atoms with Crippen molar-refractivity contribution in [3.63, 3.8) is 0 Å². The normalized spacial score (nSPS) is 15.5. The monoisotopic (exact) mass is 303 g/mol. The number of ketones is 1. The first kappa shape index (κ1) is 16.2. The highest BCUT2D eigenvalue weighted by Crippen LogP contribution is 2.16. The van der Waals surface area contributed by atoms with Gasteiger partial charge in [-0.25, -0.2) is 0 Å². The molecule has 1 heterocycles. The van der Waals surface area contributed by atoms with Crippen LogP contribution in [0.25, 0.3) is 6.08 Å². The second kappa shape index (κ2) is 7.75. The predicted molar refractivity (Wildman–Crippen MR) is 83.7 cm³/mol. The van der Waals surface area contributed by atoms with E-state index in [-0.39, 0.29) is 17.3 Å². The third-order valence-corrected chi connectivity index (χ3v) is 3.41. The molecule has 0 atom stereocenters. The van der Waals surface area contributed by atoms with Gasteiger partial charge in [-0.2, -0.15) is 0 Å². The molecule has 0 bridgehead atoms. The zero-order chi connectivity index (χ0) is 15.9. The van der Waals surface area contributed by atoms with E-state index in [1.54, 1.807) is 11.0 Å². The first-order chi connectivity index (χ1) is 10.6. The second-order valence-corrected chi connectivity index (χ2v) is 5.02. The molecule has 0 spiro atoms. The lowest BCUT2D eigenvalue weighted by Crippen LogP contribution is -2.42. The van der Waals surface area contributed by atoms with Crippen LogP contribution in [-0.2, 0) is 14.3 Å². The standard InChI is InChI=1S/C17H21NO4/c1-3-22-15-6-4-14(5-7-15)12-16(13(2)19)17(20)18-8-10-21-11-9-18/h4-7,12H,3,8-11H2,1-2H3/b16-12+. The van der Waals surface area contributed by atoms with Gasteiger partial charge in [0, 0.05) is 13.1 Å². The molecule has 1 fully saturated rings. The molecule has 2 rings (SSSR count). The van der Waals surface area contributed by atoms with Crippen molar-refractivity contribution >= 4 is 17.8 Å². The average molecular weight is 303 g/mol. The van der Waals surface area contributed by atoms with Crippen LogP contribution in [0.1, 0.15) is 19.4 Å². The van der Waals surface area contributed by atoms with Gasteiger partial charge in [-0.3, -0.25) is 9.59 Å². The smallest absolute Gasteiger partial charge is 0.257 e. The second-order valence-electron chi connectivity index (χ2n) is 5.02. The molecule has 1 aliphatic heterocycles. The number of rotatable bonds is 5. The van der Waals surface area contributed by atoms with E-state index in [9.17, 15) is 9.59 Å². The summed E-state index contributed by atoms with van der Waals surface area (Å²) in [5.41, 5.74) is 1.00. The number of hydrogen-bond donors (Lipinski definition) is 0. The van der Waals surface area contributed by atoms with Gasteiger partial charge in [0.05, 0.1) is 25.4 Å². The van der Waals surface area contributed by atoms with Crippen LogP contribution in [0.4, 0.5) is 0 Å². The summed E-state index contributed by atoms with van der Waals surface area (Å²) in [7, 11) is 0. The summed E-state index contributed by atoms with van der Waals surface area (Å²) in [6.45, 7) is 6.00. The molecule has 5 heteroatoms. The maximum atomic E-state index is 12.5. The van der Waals surface area contributed by atoms with Crippen LogP contribution < -0.4 is 4.74 Å². The average Bonchev–Trinajstić information content (AvgIpc) is 2.54. The Kier molecular flexibility index (Phi) is 5.72. The van der Waals surface area contributed by atoms with Crippen molar-refractivity contribution in [3.05, 3.63) is 35.4 Å². The van der Waals surface area contributed by atoms with Gasteiger partial charge >= 0.3 is 0 Å². The van der Waals surface area contributed by atoms with E-state index in [4.69, 9.17) is 9.47 Å². The Balaban J connectivity index is 2.18. The molecular weight excluding hydrogens is 282 g/mol. The van der Waals surface area contributed by atoms with E-state index >= 15 is 0 Å². The zero-order valence-corrected chi connectivity index (χ0v) is 13.0. The minimum absolute atomic E-state index is 0.200. The van der Waals surface area contributed by atoms with Crippen molar-refractivity contribution in [2.24, 2.45) is 0 Å². The van der Waals surface area contributed by atoms with E-state index in [0.29, 0.717) is 32.9 Å². The molecule has 0 unspecified atom stereocenters. The Labute approximate surface area is 130 Å². The number of ether oxygens (including phenoxy) is 2. The van der Waals surface area contributed by atoms with Crippen LogP contribution in [0, 0.1) is 0 Å². The quantitative estimate of drug-likeness (QED) is 0.474. The molecule has 1 saturated heterocycles. The molecule has 5 nitrogen and oxygen atoms in total. The lowest BCUT2D eigenvalue weighted by atomic mass is 10.1. The van der Waals surface area contributed by atoms with Crippen LogP contribution in [-0.4, -0.2) is 49.5 Å². The fourth-order valence-electron chi connectivity index (χ4n) is 2.24. The number of morpholine rings is 1. The molecule has 0 aliphatic carbocycles. The first-order valence-corrected chi connectivity index (χ1v) is 7.44. The van der Waals surface area contributed by atoms with Gasteiger partial charge in [0.1, 0.15) is 5.75 Å². The van der Waals surface area contributed by atoms with Gasteiger partial charge in [0.15, 0.2) is 5.78 Å². The number of carbonyl (C=O) groups excluding carboxylic acids is 2. The van der Waals surface area contributed by atoms with Gasteiger partial charge in [-0.05, 0) is 37.6 Å². The Hall–Kier alpha value is -2.14. The van der Waals surface area contributed by atoms with Crippen LogP contribution in [0.5, 0.6) is 5.75 Å². The molecule has 1 amide bonds. The molecule has 0 aromatic heterocycles. The number of amides is 1. The Morgan fingerprint density at radius 2 is 1.86 bits per heavy atom. The first-order valence-electron chi connectivity index (χ1n) is 7.44. The Morgan fingerprint density at radius 1 is 1.23 bits per heavy atom. The highest BCUT2D eigenvalue weighted by atomic mass is 16.5. The lowest BCUT2D eigenvalue weighted by molar-refractivity contribution is -0.132. The lowest BCUT2D eigenvalue weighted by Gasteiger charge is -2.27. The van der Waals surface area contributed by atoms with E-state index < -0.39 is 0 Å². The summed E-state index contributed by atoms with van der Waals surface area (Å²) in [4.78, 5) is 26.0. The summed E-state index contributed by atoms with van der Waals surface area (Å²) in [5.74, 6) is 0.304. The number of hydrogen-bond acceptors (Lipinski definition) is 4. The van der Waals surface area contributed by atoms with Crippen molar-refractivity contribution in [2.45, 2.75) is 13.8 Å². The Morgan fingerprint density at radius 3 is 2.41 bits per heavy atom. The summed E-state index contributed by atoms with van der Waals surface area (Å²) in [5, 5.41) is 0. The van der Waals surface area contributed by atoms with Crippen molar-refractivity contribution in [2.75, 3.05) is 32.9 Å². The van der Waals surface area contributed by atoms with E-state index in [0.717, 1.165) is 11.3 Å². The molecule has 0 saturated carbocycles. The zero-order valence-electron chi connectivity index (χ0n) is 13.0. The fourth-order valence-corrected chi connectivity index (χ4v) is 2.24. The molecule has 1 aromatic rings. The summed E-state index contributed by atoms with van der Waals surface area (Å²) in [6, 6.07) is 7.32. The van der Waals surface area contributed by atoms with Crippen LogP contribution >= 0.6 is 0 Å². The molecule has 0 N–H and O–H groups in total. The van der Waals surface area contributed by atoms with Crippen molar-refractivity contribution in [1.29, 1.82) is 0 Å². The Bertz CT molecular complexity index is 557. The van der Waals surface area contributed by atoms with E-state index in [1.165, 1.54) is 6.92 Å². The van der Waals surface area contributed by atoms with Crippen molar-refractivity contribution in [1.82, 2.24) is 4.90 Å². The largest absolute Gasteiger partial charge is 0.494 e. The molecular formula is C17H21NO4. The molecule has 0 radical (unpaired) electrons. The number of Topliss-reactive ketones (excluding diaryl/α,β-unsaturated/α-hetero) is 1. The van der Waals surface area contributed by atoms with Gasteiger partial charge in [-0.1, -0.05) is 12.1 Å². The third kappa shape index (κ3) is 4.18. The number of nitrogens with zero attached hydrogens (tertiary/aromatic N) is 1. The summed E-state index contributed by atoms with van der Waals surface area (Å²) >= 11 is 0. The molecule has 1 aliphatic rings. The van der Waals surface area contributed by atoms with Crippen LogP contribution in [0.3, 0.4) is 0 Å². The summed E-state index contributed by atoms with van der Waals surface area (Å²) < 4.78 is 10.6. The number of benzene rings is 1. The molecule has 22 heavy (non-hydrogen) atoms. The van der Waals surface area contributed by atoms with Crippen molar-refractivity contribution in [3.8, 4) is 5.75 Å². The van der Waals surface area contributed by atoms with Gasteiger partial charge < -0.3 is 14.4 Å². The van der Waals surface area contributed by atoms with Gasteiger partial charge in [0.2, 0.25) is 0 Å². The SMILES string of the molecule is CCOc1ccc(/C=C(\C(C)=O)C(=O)N2CCOCC2)cc1. The fraction of sp³-hybridized carbons (Fsp3) is 0.412. The number of carbonyl (C=O) groups is 2. The van der Waals surface area contributed by atoms with Gasteiger partial charge in [-0.15, -0.1) is 0 Å². The third-order valence-electron chi connectivity index (χ3n) is 3.41. The maximum absolute atomic E-state index is 12.5. The van der Waals surface area contributed by atoms with Crippen LogP contribution in [0.2, 0.25) is 0 Å². The highest BCUT2D eigenvalue weighted by Gasteiger charge is 2.23. The summed E-state index contributed by atoms with van der Waals surface area (Å²) in [6.07, 6.45) is 1.63. The molecule has 1 aromatic carbocycles. The van der Waals surface area contributed by atoms with Gasteiger partial charge in [0.25, 0.3) is 5.91 Å².